The molecule has 0 spiro atoms. The molecule has 0 aromatic carbocycles. The molecule has 1 amide bonds. The average molecular weight is 125 g/mol. The largest absolute Gasteiger partial charge is 0.315 e. The fourth-order valence-corrected chi connectivity index (χ4v) is 0.498. The minimum absolute atomic E-state index is 0.727. The smallest absolute Gasteiger partial charge is 0.213 e. The molecule has 1 aromatic heterocycles. The van der Waals surface area contributed by atoms with E-state index in [9.17, 15) is 4.79 Å². The number of carbonyl (C=O) groups excluding carboxylic acids is 1. The van der Waals surface area contributed by atoms with E-state index in [1.165, 1.54) is 4.90 Å². The number of H-pyrrole nitrogens is 1. The third-order valence-corrected chi connectivity index (χ3v) is 1.05. The third-order valence-electron chi connectivity index (χ3n) is 1.05. The molecule has 9 heavy (non-hydrogen) atoms. The first-order valence-corrected chi connectivity index (χ1v) is 2.51. The predicted octanol–water partition coefficient (Wildman–Crippen LogP) is 0.00230. The highest BCUT2D eigenvalue weighted by Gasteiger charge is 1.95. The standard InChI is InChI=1S/C5H7N3O/c1-8(4-9)5-2-6-7-3-5/h2-4H,1H3,(H,6,7). The van der Waals surface area contributed by atoms with Crippen molar-refractivity contribution in [3.05, 3.63) is 12.4 Å². The third kappa shape index (κ3) is 1.07. The number of nitrogens with zero attached hydrogens (tertiary/aromatic N) is 2. The van der Waals surface area contributed by atoms with E-state index in [-0.39, 0.29) is 0 Å². The molecule has 0 bridgehead atoms. The molecule has 4 heteroatoms. The molecule has 0 aliphatic rings. The molecular formula is C5H7N3O. The first kappa shape index (κ1) is 5.81. The number of hydrogen-bond acceptors (Lipinski definition) is 2. The summed E-state index contributed by atoms with van der Waals surface area (Å²) in [5.74, 6) is 0. The van der Waals surface area contributed by atoms with Crippen LogP contribution in [0.1, 0.15) is 0 Å². The van der Waals surface area contributed by atoms with Crippen LogP contribution in [-0.2, 0) is 4.79 Å². The Hall–Kier alpha value is -1.32. The van der Waals surface area contributed by atoms with Gasteiger partial charge in [0.1, 0.15) is 0 Å². The fraction of sp³-hybridized carbons (Fsp3) is 0.200. The molecule has 0 aliphatic carbocycles. The topological polar surface area (TPSA) is 49.0 Å². The van der Waals surface area contributed by atoms with Crippen LogP contribution in [0.25, 0.3) is 0 Å². The van der Waals surface area contributed by atoms with Crippen LogP contribution in [-0.4, -0.2) is 23.7 Å². The second-order valence-corrected chi connectivity index (χ2v) is 1.67. The van der Waals surface area contributed by atoms with Gasteiger partial charge in [-0.3, -0.25) is 9.89 Å². The number of anilines is 1. The van der Waals surface area contributed by atoms with E-state index in [2.05, 4.69) is 10.2 Å². The van der Waals surface area contributed by atoms with Crippen molar-refractivity contribution in [2.45, 2.75) is 0 Å². The minimum atomic E-state index is 0.727. The summed E-state index contributed by atoms with van der Waals surface area (Å²) in [5, 5.41) is 6.26. The van der Waals surface area contributed by atoms with Gasteiger partial charge in [-0.05, 0) is 0 Å². The van der Waals surface area contributed by atoms with Crippen molar-refractivity contribution in [1.82, 2.24) is 10.2 Å². The highest BCUT2D eigenvalue weighted by Crippen LogP contribution is 2.04. The van der Waals surface area contributed by atoms with Crippen molar-refractivity contribution < 1.29 is 4.79 Å². The lowest BCUT2D eigenvalue weighted by molar-refractivity contribution is -0.107. The molecule has 4 nitrogen and oxygen atoms in total. The Morgan fingerprint density at radius 2 is 2.67 bits per heavy atom. The van der Waals surface area contributed by atoms with Crippen LogP contribution >= 0.6 is 0 Å². The molecular weight excluding hydrogens is 118 g/mol. The van der Waals surface area contributed by atoms with Crippen LogP contribution in [0.5, 0.6) is 0 Å². The Bertz CT molecular complexity index is 182. The maximum absolute atomic E-state index is 10.1. The van der Waals surface area contributed by atoms with E-state index in [1.807, 2.05) is 0 Å². The number of aromatic nitrogens is 2. The Labute approximate surface area is 52.5 Å². The summed E-state index contributed by atoms with van der Waals surface area (Å²) in [5.41, 5.74) is 0.769. The molecule has 0 radical (unpaired) electrons. The van der Waals surface area contributed by atoms with Gasteiger partial charge in [0.05, 0.1) is 11.9 Å². The maximum atomic E-state index is 10.1. The Morgan fingerprint density at radius 3 is 3.11 bits per heavy atom. The van der Waals surface area contributed by atoms with Crippen molar-refractivity contribution in [2.24, 2.45) is 0 Å². The molecule has 1 rings (SSSR count). The SMILES string of the molecule is CN(C=O)c1cn[nH]c1. The maximum Gasteiger partial charge on any atom is 0.213 e. The molecule has 0 aliphatic heterocycles. The van der Waals surface area contributed by atoms with Gasteiger partial charge in [0, 0.05) is 13.2 Å². The quantitative estimate of drug-likeness (QED) is 0.565. The average Bonchev–Trinajstić information content (AvgIpc) is 2.37. The van der Waals surface area contributed by atoms with E-state index >= 15 is 0 Å². The predicted molar refractivity (Wildman–Crippen MR) is 33.1 cm³/mol. The summed E-state index contributed by atoms with van der Waals surface area (Å²) in [6.07, 6.45) is 3.95. The normalized spacial score (nSPS) is 9.00. The zero-order valence-electron chi connectivity index (χ0n) is 5.03. The molecule has 0 unspecified atom stereocenters. The Balaban J connectivity index is 2.76. The summed E-state index contributed by atoms with van der Waals surface area (Å²) < 4.78 is 0. The lowest BCUT2D eigenvalue weighted by Gasteiger charge is -2.03. The monoisotopic (exact) mass is 125 g/mol. The van der Waals surface area contributed by atoms with Crippen LogP contribution in [0.3, 0.4) is 0 Å². The summed E-state index contributed by atoms with van der Waals surface area (Å²) in [6, 6.07) is 0. The van der Waals surface area contributed by atoms with Crippen LogP contribution in [0.4, 0.5) is 5.69 Å². The van der Waals surface area contributed by atoms with E-state index < -0.39 is 0 Å². The molecule has 0 saturated carbocycles. The van der Waals surface area contributed by atoms with Crippen molar-refractivity contribution in [3.8, 4) is 0 Å². The second-order valence-electron chi connectivity index (χ2n) is 1.67. The first-order valence-electron chi connectivity index (χ1n) is 2.51. The van der Waals surface area contributed by atoms with Gasteiger partial charge >= 0.3 is 0 Å². The first-order chi connectivity index (χ1) is 4.34. The van der Waals surface area contributed by atoms with E-state index in [0.29, 0.717) is 0 Å². The van der Waals surface area contributed by atoms with Crippen LogP contribution in [0, 0.1) is 0 Å². The zero-order valence-corrected chi connectivity index (χ0v) is 5.03. The Morgan fingerprint density at radius 1 is 1.89 bits per heavy atom. The molecule has 1 aromatic rings. The van der Waals surface area contributed by atoms with Gasteiger partial charge in [-0.25, -0.2) is 0 Å². The number of hydrogen-bond donors (Lipinski definition) is 1. The van der Waals surface area contributed by atoms with Crippen molar-refractivity contribution in [2.75, 3.05) is 11.9 Å². The number of amides is 1. The van der Waals surface area contributed by atoms with Gasteiger partial charge in [0.2, 0.25) is 6.41 Å². The van der Waals surface area contributed by atoms with Crippen LogP contribution in [0.15, 0.2) is 12.4 Å². The van der Waals surface area contributed by atoms with Gasteiger partial charge in [-0.15, -0.1) is 0 Å². The summed E-state index contributed by atoms with van der Waals surface area (Å²) >= 11 is 0. The molecule has 1 heterocycles. The van der Waals surface area contributed by atoms with Gasteiger partial charge in [0.15, 0.2) is 0 Å². The van der Waals surface area contributed by atoms with E-state index in [0.717, 1.165) is 12.1 Å². The number of nitrogens with one attached hydrogen (secondary N) is 1. The Kier molecular flexibility index (Phi) is 1.48. The van der Waals surface area contributed by atoms with Gasteiger partial charge in [0.25, 0.3) is 0 Å². The van der Waals surface area contributed by atoms with Gasteiger partial charge in [-0.2, -0.15) is 5.10 Å². The minimum Gasteiger partial charge on any atom is -0.315 e. The fourth-order valence-electron chi connectivity index (χ4n) is 0.498. The lowest BCUT2D eigenvalue weighted by Crippen LogP contribution is -2.12. The molecule has 1 N–H and O–H groups in total. The van der Waals surface area contributed by atoms with Crippen LogP contribution < -0.4 is 4.90 Å². The highest BCUT2D eigenvalue weighted by molar-refractivity contribution is 5.72. The van der Waals surface area contributed by atoms with Crippen LogP contribution in [0.2, 0.25) is 0 Å². The molecule has 0 atom stereocenters. The number of rotatable bonds is 2. The van der Waals surface area contributed by atoms with Crippen molar-refractivity contribution >= 4 is 12.1 Å². The summed E-state index contributed by atoms with van der Waals surface area (Å²) in [6.45, 7) is 0. The number of carbonyl (C=O) groups is 1. The van der Waals surface area contributed by atoms with Gasteiger partial charge in [-0.1, -0.05) is 0 Å². The second kappa shape index (κ2) is 2.30. The van der Waals surface area contributed by atoms with Gasteiger partial charge < -0.3 is 4.90 Å². The molecule has 48 valence electrons. The number of aromatic amines is 1. The lowest BCUT2D eigenvalue weighted by atomic mass is 10.5. The van der Waals surface area contributed by atoms with E-state index in [1.54, 1.807) is 19.4 Å². The molecule has 0 saturated heterocycles. The van der Waals surface area contributed by atoms with Crippen molar-refractivity contribution in [3.63, 3.8) is 0 Å². The van der Waals surface area contributed by atoms with Crippen molar-refractivity contribution in [1.29, 1.82) is 0 Å². The zero-order chi connectivity index (χ0) is 6.69. The summed E-state index contributed by atoms with van der Waals surface area (Å²) in [7, 11) is 1.66. The summed E-state index contributed by atoms with van der Waals surface area (Å²) in [4.78, 5) is 11.5. The van der Waals surface area contributed by atoms with E-state index in [4.69, 9.17) is 0 Å². The highest BCUT2D eigenvalue weighted by atomic mass is 16.1. The molecule has 0 fully saturated rings.